The molecule has 1 amide bonds. The van der Waals surface area contributed by atoms with Crippen LogP contribution in [0.5, 0.6) is 0 Å². The molecule has 0 bridgehead atoms. The highest BCUT2D eigenvalue weighted by Crippen LogP contribution is 2.18. The fraction of sp³-hybridized carbons (Fsp3) is 0.500. The molecule has 6 heteroatoms. The number of hydrogen-bond acceptors (Lipinski definition) is 4. The molecule has 22 heavy (non-hydrogen) atoms. The van der Waals surface area contributed by atoms with Crippen molar-refractivity contribution in [1.82, 2.24) is 10.6 Å². The summed E-state index contributed by atoms with van der Waals surface area (Å²) in [4.78, 5) is 22.5. The van der Waals surface area contributed by atoms with Gasteiger partial charge in [-0.1, -0.05) is 43.2 Å². The second kappa shape index (κ2) is 8.38. The average molecular weight is 306 g/mol. The van der Waals surface area contributed by atoms with Gasteiger partial charge in [0.05, 0.1) is 6.54 Å². The summed E-state index contributed by atoms with van der Waals surface area (Å²) in [6.07, 6.45) is 3.29. The first-order chi connectivity index (χ1) is 10.6. The van der Waals surface area contributed by atoms with Crippen molar-refractivity contribution in [3.63, 3.8) is 0 Å². The van der Waals surface area contributed by atoms with Crippen LogP contribution in [0.4, 0.5) is 4.79 Å². The van der Waals surface area contributed by atoms with Crippen LogP contribution in [0.2, 0.25) is 0 Å². The number of ether oxygens (including phenoxy) is 1. The van der Waals surface area contributed by atoms with E-state index in [-0.39, 0.29) is 25.2 Å². The summed E-state index contributed by atoms with van der Waals surface area (Å²) in [7, 11) is 0. The summed E-state index contributed by atoms with van der Waals surface area (Å²) in [5.41, 5.74) is 0.932. The number of carboxylic acids is 1. The summed E-state index contributed by atoms with van der Waals surface area (Å²) in [6.45, 7) is 0.133. The van der Waals surface area contributed by atoms with Crippen molar-refractivity contribution in [2.24, 2.45) is 0 Å². The third-order valence-electron chi connectivity index (χ3n) is 3.80. The molecule has 0 heterocycles. The quantitative estimate of drug-likeness (QED) is 0.747. The van der Waals surface area contributed by atoms with Crippen molar-refractivity contribution in [1.29, 1.82) is 0 Å². The van der Waals surface area contributed by atoms with Gasteiger partial charge < -0.3 is 20.5 Å². The fourth-order valence-electron chi connectivity index (χ4n) is 2.68. The average Bonchev–Trinajstić information content (AvgIpc) is 2.53. The smallest absolute Gasteiger partial charge is 0.407 e. The van der Waals surface area contributed by atoms with E-state index in [4.69, 9.17) is 9.84 Å². The number of carbonyl (C=O) groups excluding carboxylic acids is 1. The Bertz CT molecular complexity index is 492. The molecular formula is C16H22N2O4. The molecule has 1 aliphatic rings. The number of benzene rings is 1. The molecule has 0 aromatic heterocycles. The molecule has 120 valence electrons. The van der Waals surface area contributed by atoms with E-state index >= 15 is 0 Å². The van der Waals surface area contributed by atoms with E-state index in [1.807, 2.05) is 30.3 Å². The number of rotatable bonds is 6. The second-order valence-corrected chi connectivity index (χ2v) is 5.48. The lowest BCUT2D eigenvalue weighted by Crippen LogP contribution is -2.52. The minimum absolute atomic E-state index is 0.0193. The molecule has 0 radical (unpaired) electrons. The van der Waals surface area contributed by atoms with Gasteiger partial charge in [0.15, 0.2) is 0 Å². The molecule has 0 spiro atoms. The van der Waals surface area contributed by atoms with Gasteiger partial charge in [0, 0.05) is 12.1 Å². The molecule has 6 nitrogen and oxygen atoms in total. The zero-order chi connectivity index (χ0) is 15.8. The molecule has 1 aromatic carbocycles. The fourth-order valence-corrected chi connectivity index (χ4v) is 2.68. The van der Waals surface area contributed by atoms with Gasteiger partial charge in [0.25, 0.3) is 0 Å². The molecular weight excluding hydrogens is 284 g/mol. The standard InChI is InChI=1S/C16H22N2O4/c19-15(20)10-17-13-8-4-5-9-14(13)18-16(21)22-11-12-6-2-1-3-7-12/h1-3,6-7,13-14,17H,4-5,8-11H2,(H,18,21)(H,19,20)/t13-,14+/m0/s1. The van der Waals surface area contributed by atoms with Gasteiger partial charge in [0.2, 0.25) is 0 Å². The predicted octanol–water partition coefficient (Wildman–Crippen LogP) is 1.90. The van der Waals surface area contributed by atoms with Crippen LogP contribution in [0, 0.1) is 0 Å². The van der Waals surface area contributed by atoms with Gasteiger partial charge in [-0.15, -0.1) is 0 Å². The summed E-state index contributed by atoms with van der Waals surface area (Å²) < 4.78 is 5.21. The number of carboxylic acid groups (broad SMARTS) is 1. The van der Waals surface area contributed by atoms with Crippen LogP contribution in [0.1, 0.15) is 31.2 Å². The highest BCUT2D eigenvalue weighted by Gasteiger charge is 2.27. The number of hydrogen-bond donors (Lipinski definition) is 3. The van der Waals surface area contributed by atoms with Crippen LogP contribution in [0.25, 0.3) is 0 Å². The maximum absolute atomic E-state index is 11.9. The van der Waals surface area contributed by atoms with Crippen LogP contribution in [0.3, 0.4) is 0 Å². The van der Waals surface area contributed by atoms with E-state index in [0.717, 1.165) is 31.2 Å². The molecule has 2 atom stereocenters. The van der Waals surface area contributed by atoms with E-state index in [2.05, 4.69) is 10.6 Å². The third kappa shape index (κ3) is 5.37. The minimum Gasteiger partial charge on any atom is -0.480 e. The van der Waals surface area contributed by atoms with Crippen molar-refractivity contribution in [3.05, 3.63) is 35.9 Å². The van der Waals surface area contributed by atoms with E-state index in [0.29, 0.717) is 0 Å². The zero-order valence-electron chi connectivity index (χ0n) is 12.5. The molecule has 0 saturated heterocycles. The summed E-state index contributed by atoms with van der Waals surface area (Å²) in [5.74, 6) is -0.893. The van der Waals surface area contributed by atoms with Crippen molar-refractivity contribution >= 4 is 12.1 Å². The Morgan fingerprint density at radius 1 is 1.14 bits per heavy atom. The Hall–Kier alpha value is -2.08. The molecule has 1 fully saturated rings. The van der Waals surface area contributed by atoms with Crippen molar-refractivity contribution < 1.29 is 19.4 Å². The second-order valence-electron chi connectivity index (χ2n) is 5.48. The monoisotopic (exact) mass is 306 g/mol. The summed E-state index contributed by atoms with van der Waals surface area (Å²) in [5, 5.41) is 14.6. The Morgan fingerprint density at radius 2 is 1.82 bits per heavy atom. The maximum atomic E-state index is 11.9. The lowest BCUT2D eigenvalue weighted by atomic mass is 9.90. The predicted molar refractivity (Wildman–Crippen MR) is 81.4 cm³/mol. The Kier molecular flexibility index (Phi) is 6.21. The zero-order valence-corrected chi connectivity index (χ0v) is 12.5. The van der Waals surface area contributed by atoms with Gasteiger partial charge in [-0.05, 0) is 18.4 Å². The SMILES string of the molecule is O=C(O)CN[C@H]1CCCC[C@H]1NC(=O)OCc1ccccc1. The molecule has 1 aromatic rings. The summed E-state index contributed by atoms with van der Waals surface area (Å²) >= 11 is 0. The van der Waals surface area contributed by atoms with E-state index < -0.39 is 12.1 Å². The van der Waals surface area contributed by atoms with Crippen LogP contribution in [0.15, 0.2) is 30.3 Å². The van der Waals surface area contributed by atoms with Crippen LogP contribution in [-0.4, -0.2) is 35.8 Å². The number of aliphatic carboxylic acids is 1. The molecule has 1 saturated carbocycles. The number of amides is 1. The maximum Gasteiger partial charge on any atom is 0.407 e. The number of alkyl carbamates (subject to hydrolysis) is 1. The first kappa shape index (κ1) is 16.3. The lowest BCUT2D eigenvalue weighted by Gasteiger charge is -2.32. The van der Waals surface area contributed by atoms with Crippen molar-refractivity contribution in [2.75, 3.05) is 6.54 Å². The van der Waals surface area contributed by atoms with Gasteiger partial charge >= 0.3 is 12.1 Å². The molecule has 2 rings (SSSR count). The summed E-state index contributed by atoms with van der Waals surface area (Å²) in [6, 6.07) is 9.37. The topological polar surface area (TPSA) is 87.7 Å². The highest BCUT2D eigenvalue weighted by atomic mass is 16.5. The van der Waals surface area contributed by atoms with Gasteiger partial charge in [-0.2, -0.15) is 0 Å². The van der Waals surface area contributed by atoms with Crippen LogP contribution < -0.4 is 10.6 Å². The number of carbonyl (C=O) groups is 2. The Morgan fingerprint density at radius 3 is 2.50 bits per heavy atom. The Labute approximate surface area is 129 Å². The first-order valence-electron chi connectivity index (χ1n) is 7.57. The number of nitrogens with one attached hydrogen (secondary N) is 2. The van der Waals surface area contributed by atoms with Crippen LogP contribution >= 0.6 is 0 Å². The third-order valence-corrected chi connectivity index (χ3v) is 3.80. The van der Waals surface area contributed by atoms with Gasteiger partial charge in [0.1, 0.15) is 6.61 Å². The van der Waals surface area contributed by atoms with E-state index in [9.17, 15) is 9.59 Å². The van der Waals surface area contributed by atoms with Gasteiger partial charge in [-0.3, -0.25) is 4.79 Å². The molecule has 0 unspecified atom stereocenters. The van der Waals surface area contributed by atoms with Crippen LogP contribution in [-0.2, 0) is 16.1 Å². The first-order valence-corrected chi connectivity index (χ1v) is 7.57. The lowest BCUT2D eigenvalue weighted by molar-refractivity contribution is -0.136. The molecule has 0 aliphatic heterocycles. The normalized spacial score (nSPS) is 21.1. The molecule has 3 N–H and O–H groups in total. The van der Waals surface area contributed by atoms with Crippen molar-refractivity contribution in [2.45, 2.75) is 44.4 Å². The minimum atomic E-state index is -0.893. The van der Waals surface area contributed by atoms with E-state index in [1.165, 1.54) is 0 Å². The Balaban J connectivity index is 1.79. The highest BCUT2D eigenvalue weighted by molar-refractivity contribution is 5.69. The molecule has 1 aliphatic carbocycles. The van der Waals surface area contributed by atoms with E-state index in [1.54, 1.807) is 0 Å². The van der Waals surface area contributed by atoms with Crippen molar-refractivity contribution in [3.8, 4) is 0 Å². The van der Waals surface area contributed by atoms with Gasteiger partial charge in [-0.25, -0.2) is 4.79 Å². The largest absolute Gasteiger partial charge is 0.480 e.